The minimum absolute atomic E-state index is 0.0244. The summed E-state index contributed by atoms with van der Waals surface area (Å²) in [5.74, 6) is -0.139. The Morgan fingerprint density at radius 2 is 2.19 bits per heavy atom. The quantitative estimate of drug-likeness (QED) is 0.750. The highest BCUT2D eigenvalue weighted by molar-refractivity contribution is 7.12. The van der Waals surface area contributed by atoms with Crippen LogP contribution < -0.4 is 0 Å². The minimum Gasteiger partial charge on any atom is -0.299 e. The number of Topliss-reactive ketones (excluding diaryl/α,β-unsaturated/α-hetero) is 1. The standard InChI is InChI=1S/C10H12F3NOS/c1-14(5-4-10(11,12)13)7-8(15)9-3-2-6-16-9/h2-3,6H,4-5,7H2,1H3. The van der Waals surface area contributed by atoms with Gasteiger partial charge in [0.15, 0.2) is 5.78 Å². The highest BCUT2D eigenvalue weighted by atomic mass is 32.1. The predicted octanol–water partition coefficient (Wildman–Crippen LogP) is 2.82. The number of halogens is 3. The van der Waals surface area contributed by atoms with Crippen LogP contribution in [0.1, 0.15) is 16.1 Å². The van der Waals surface area contributed by atoms with E-state index in [1.807, 2.05) is 0 Å². The van der Waals surface area contributed by atoms with E-state index in [1.54, 1.807) is 17.5 Å². The molecule has 6 heteroatoms. The molecule has 90 valence electrons. The first-order valence-corrected chi connectivity index (χ1v) is 5.58. The molecular formula is C10H12F3NOS. The first-order valence-electron chi connectivity index (χ1n) is 4.70. The molecule has 16 heavy (non-hydrogen) atoms. The molecule has 0 amide bonds. The molecule has 0 atom stereocenters. The normalized spacial score (nSPS) is 12.1. The van der Waals surface area contributed by atoms with Crippen molar-refractivity contribution < 1.29 is 18.0 Å². The zero-order valence-electron chi connectivity index (χ0n) is 8.75. The Balaban J connectivity index is 2.35. The first-order chi connectivity index (χ1) is 7.38. The van der Waals surface area contributed by atoms with Gasteiger partial charge in [-0.25, -0.2) is 0 Å². The van der Waals surface area contributed by atoms with Gasteiger partial charge >= 0.3 is 6.18 Å². The number of alkyl halides is 3. The Bertz CT molecular complexity index is 334. The van der Waals surface area contributed by atoms with Crippen LogP contribution in [0.4, 0.5) is 13.2 Å². The number of likely N-dealkylation sites (N-methyl/N-ethyl adjacent to an activating group) is 1. The highest BCUT2D eigenvalue weighted by Gasteiger charge is 2.27. The number of nitrogens with zero attached hydrogens (tertiary/aromatic N) is 1. The van der Waals surface area contributed by atoms with Gasteiger partial charge in [0.1, 0.15) is 0 Å². The largest absolute Gasteiger partial charge is 0.390 e. The fraction of sp³-hybridized carbons (Fsp3) is 0.500. The van der Waals surface area contributed by atoms with Crippen LogP contribution >= 0.6 is 11.3 Å². The van der Waals surface area contributed by atoms with Gasteiger partial charge in [0.2, 0.25) is 0 Å². The monoisotopic (exact) mass is 251 g/mol. The van der Waals surface area contributed by atoms with Crippen molar-refractivity contribution in [2.24, 2.45) is 0 Å². The molecule has 1 rings (SSSR count). The summed E-state index contributed by atoms with van der Waals surface area (Å²) in [4.78, 5) is 13.5. The van der Waals surface area contributed by atoms with Gasteiger partial charge in [0.05, 0.1) is 17.8 Å². The second-order valence-corrected chi connectivity index (χ2v) is 4.45. The smallest absolute Gasteiger partial charge is 0.299 e. The number of hydrogen-bond acceptors (Lipinski definition) is 3. The Kier molecular flexibility index (Phi) is 4.49. The molecular weight excluding hydrogens is 239 g/mol. The first kappa shape index (κ1) is 13.2. The summed E-state index contributed by atoms with van der Waals surface area (Å²) in [6.07, 6.45) is -5.05. The second-order valence-electron chi connectivity index (χ2n) is 3.50. The number of hydrogen-bond donors (Lipinski definition) is 0. The van der Waals surface area contributed by atoms with Crippen molar-refractivity contribution in [3.05, 3.63) is 22.4 Å². The summed E-state index contributed by atoms with van der Waals surface area (Å²) in [6, 6.07) is 3.41. The molecule has 0 saturated heterocycles. The average Bonchev–Trinajstić information content (AvgIpc) is 2.66. The third-order valence-electron chi connectivity index (χ3n) is 1.99. The minimum atomic E-state index is -4.17. The molecule has 0 fully saturated rings. The van der Waals surface area contributed by atoms with E-state index >= 15 is 0 Å². The van der Waals surface area contributed by atoms with E-state index in [0.29, 0.717) is 4.88 Å². The summed E-state index contributed by atoms with van der Waals surface area (Å²) in [5, 5.41) is 1.77. The Hall–Kier alpha value is -0.880. The van der Waals surface area contributed by atoms with Crippen LogP contribution in [0.5, 0.6) is 0 Å². The van der Waals surface area contributed by atoms with E-state index in [1.165, 1.54) is 23.3 Å². The van der Waals surface area contributed by atoms with Crippen molar-refractivity contribution in [3.63, 3.8) is 0 Å². The van der Waals surface area contributed by atoms with E-state index in [0.717, 1.165) is 0 Å². The topological polar surface area (TPSA) is 20.3 Å². The third kappa shape index (κ3) is 4.76. The van der Waals surface area contributed by atoms with Crippen LogP contribution in [-0.4, -0.2) is 37.0 Å². The molecule has 1 aromatic heterocycles. The maximum atomic E-state index is 11.9. The van der Waals surface area contributed by atoms with E-state index < -0.39 is 12.6 Å². The third-order valence-corrected chi connectivity index (χ3v) is 2.90. The van der Waals surface area contributed by atoms with E-state index in [-0.39, 0.29) is 18.9 Å². The van der Waals surface area contributed by atoms with Gasteiger partial charge in [-0.1, -0.05) is 6.07 Å². The van der Waals surface area contributed by atoms with Crippen molar-refractivity contribution in [3.8, 4) is 0 Å². The molecule has 0 radical (unpaired) electrons. The van der Waals surface area contributed by atoms with Gasteiger partial charge in [0, 0.05) is 6.54 Å². The van der Waals surface area contributed by atoms with Crippen molar-refractivity contribution in [2.45, 2.75) is 12.6 Å². The average molecular weight is 251 g/mol. The molecule has 0 aromatic carbocycles. The summed E-state index contributed by atoms with van der Waals surface area (Å²) >= 11 is 1.30. The molecule has 0 aliphatic carbocycles. The van der Waals surface area contributed by atoms with Gasteiger partial charge in [-0.05, 0) is 18.5 Å². The molecule has 1 aromatic rings. The number of carbonyl (C=O) groups excluding carboxylic acids is 1. The van der Waals surface area contributed by atoms with E-state index in [2.05, 4.69) is 0 Å². The van der Waals surface area contributed by atoms with Gasteiger partial charge < -0.3 is 0 Å². The maximum absolute atomic E-state index is 11.9. The SMILES string of the molecule is CN(CCC(F)(F)F)CC(=O)c1cccs1. The summed E-state index contributed by atoms with van der Waals surface area (Å²) in [5.41, 5.74) is 0. The lowest BCUT2D eigenvalue weighted by Gasteiger charge is -2.16. The second kappa shape index (κ2) is 5.45. The molecule has 1 heterocycles. The number of thiophene rings is 1. The van der Waals surface area contributed by atoms with Crippen LogP contribution in [0.15, 0.2) is 17.5 Å². The van der Waals surface area contributed by atoms with Gasteiger partial charge in [-0.15, -0.1) is 11.3 Å². The van der Waals surface area contributed by atoms with Crippen LogP contribution in [0.3, 0.4) is 0 Å². The fourth-order valence-corrected chi connectivity index (χ4v) is 1.81. The zero-order valence-corrected chi connectivity index (χ0v) is 9.57. The van der Waals surface area contributed by atoms with E-state index in [9.17, 15) is 18.0 Å². The molecule has 0 N–H and O–H groups in total. The summed E-state index contributed by atoms with van der Waals surface area (Å²) in [7, 11) is 1.51. The molecule has 0 aliphatic rings. The number of rotatable bonds is 5. The van der Waals surface area contributed by atoms with Crippen LogP contribution in [0.25, 0.3) is 0 Å². The lowest BCUT2D eigenvalue weighted by atomic mass is 10.3. The fourth-order valence-electron chi connectivity index (χ4n) is 1.16. The Morgan fingerprint density at radius 1 is 1.50 bits per heavy atom. The van der Waals surface area contributed by atoms with Crippen LogP contribution in [-0.2, 0) is 0 Å². The Morgan fingerprint density at radius 3 is 2.69 bits per heavy atom. The molecule has 0 unspecified atom stereocenters. The summed E-state index contributed by atoms with van der Waals surface area (Å²) in [6.45, 7) is -0.128. The molecule has 2 nitrogen and oxygen atoms in total. The Labute approximate surface area is 95.7 Å². The van der Waals surface area contributed by atoms with Crippen molar-refractivity contribution >= 4 is 17.1 Å². The van der Waals surface area contributed by atoms with Crippen molar-refractivity contribution in [1.82, 2.24) is 4.90 Å². The van der Waals surface area contributed by atoms with Crippen molar-refractivity contribution in [2.75, 3.05) is 20.1 Å². The molecule has 0 bridgehead atoms. The number of ketones is 1. The van der Waals surface area contributed by atoms with E-state index in [4.69, 9.17) is 0 Å². The lowest BCUT2D eigenvalue weighted by Crippen LogP contribution is -2.29. The lowest BCUT2D eigenvalue weighted by molar-refractivity contribution is -0.137. The van der Waals surface area contributed by atoms with Crippen LogP contribution in [0.2, 0.25) is 0 Å². The number of carbonyl (C=O) groups is 1. The van der Waals surface area contributed by atoms with Gasteiger partial charge in [-0.2, -0.15) is 13.2 Å². The summed E-state index contributed by atoms with van der Waals surface area (Å²) < 4.78 is 35.8. The van der Waals surface area contributed by atoms with Crippen LogP contribution in [0, 0.1) is 0 Å². The zero-order chi connectivity index (χ0) is 12.2. The molecule has 0 saturated carbocycles. The highest BCUT2D eigenvalue weighted by Crippen LogP contribution is 2.19. The van der Waals surface area contributed by atoms with Gasteiger partial charge in [-0.3, -0.25) is 9.69 Å². The van der Waals surface area contributed by atoms with Crippen molar-refractivity contribution in [1.29, 1.82) is 0 Å². The molecule has 0 spiro atoms. The maximum Gasteiger partial charge on any atom is 0.390 e. The predicted molar refractivity (Wildman–Crippen MR) is 56.8 cm³/mol. The molecule has 0 aliphatic heterocycles. The van der Waals surface area contributed by atoms with Gasteiger partial charge in [0.25, 0.3) is 0 Å².